The van der Waals surface area contributed by atoms with Gasteiger partial charge in [0.15, 0.2) is 11.0 Å². The second-order valence-electron chi connectivity index (χ2n) is 5.94. The number of thioether (sulfide) groups is 1. The van der Waals surface area contributed by atoms with E-state index >= 15 is 0 Å². The van der Waals surface area contributed by atoms with Crippen LogP contribution in [0.1, 0.15) is 37.9 Å². The quantitative estimate of drug-likeness (QED) is 0.454. The molecule has 0 fully saturated rings. The molecule has 0 aliphatic carbocycles. The third-order valence-corrected chi connectivity index (χ3v) is 4.92. The first-order valence-corrected chi connectivity index (χ1v) is 9.76. The maximum Gasteiger partial charge on any atom is 0.262 e. The molecule has 8 heteroatoms. The van der Waals surface area contributed by atoms with E-state index in [0.29, 0.717) is 46.5 Å². The minimum atomic E-state index is -0.0966. The van der Waals surface area contributed by atoms with Gasteiger partial charge in [0.25, 0.3) is 5.56 Å². The van der Waals surface area contributed by atoms with E-state index in [1.165, 1.54) is 11.8 Å². The van der Waals surface area contributed by atoms with Gasteiger partial charge in [0.1, 0.15) is 0 Å². The van der Waals surface area contributed by atoms with Gasteiger partial charge in [0.2, 0.25) is 5.89 Å². The minimum absolute atomic E-state index is 0.0216. The molecule has 3 aromatic rings. The first-order chi connectivity index (χ1) is 12.7. The third kappa shape index (κ3) is 4.31. The molecule has 0 saturated heterocycles. The van der Waals surface area contributed by atoms with Gasteiger partial charge in [-0.1, -0.05) is 42.4 Å². The maximum absolute atomic E-state index is 12.8. The van der Waals surface area contributed by atoms with Crippen molar-refractivity contribution in [3.63, 3.8) is 0 Å². The summed E-state index contributed by atoms with van der Waals surface area (Å²) >= 11 is 1.39. The highest BCUT2D eigenvalue weighted by molar-refractivity contribution is 7.98. The molecule has 0 amide bonds. The molecule has 1 N–H and O–H groups in total. The van der Waals surface area contributed by atoms with E-state index in [4.69, 9.17) is 9.63 Å². The van der Waals surface area contributed by atoms with Crippen LogP contribution < -0.4 is 5.56 Å². The number of aliphatic hydroxyl groups is 1. The van der Waals surface area contributed by atoms with E-state index in [1.807, 2.05) is 18.2 Å². The molecular formula is C18H22N4O3S. The molecule has 0 atom stereocenters. The Hall–Kier alpha value is -2.19. The SMILES string of the molecule is CCCCc1noc(CSc2nc3ccccc3c(=O)n2CCCO)n1. The van der Waals surface area contributed by atoms with Gasteiger partial charge in [-0.05, 0) is 25.0 Å². The molecule has 0 saturated carbocycles. The molecule has 26 heavy (non-hydrogen) atoms. The van der Waals surface area contributed by atoms with Gasteiger partial charge in [-0.25, -0.2) is 4.98 Å². The number of aromatic nitrogens is 4. The van der Waals surface area contributed by atoms with Gasteiger partial charge in [0.05, 0.1) is 16.7 Å². The van der Waals surface area contributed by atoms with Crippen LogP contribution in [-0.2, 0) is 18.7 Å². The van der Waals surface area contributed by atoms with Crippen LogP contribution in [0.2, 0.25) is 0 Å². The Labute approximate surface area is 155 Å². The Morgan fingerprint density at radius 1 is 1.23 bits per heavy atom. The highest BCUT2D eigenvalue weighted by Gasteiger charge is 2.13. The number of aliphatic hydroxyl groups excluding tert-OH is 1. The Bertz CT molecular complexity index is 922. The standard InChI is InChI=1S/C18H22N4O3S/c1-2-3-9-15-20-16(25-21-15)12-26-18-19-14-8-5-4-7-13(14)17(24)22(18)10-6-11-23/h4-5,7-8,23H,2-3,6,9-12H2,1H3. The van der Waals surface area contributed by atoms with E-state index < -0.39 is 0 Å². The normalized spacial score (nSPS) is 11.3. The highest BCUT2D eigenvalue weighted by Crippen LogP contribution is 2.22. The van der Waals surface area contributed by atoms with Crippen molar-refractivity contribution in [2.24, 2.45) is 0 Å². The molecule has 0 radical (unpaired) electrons. The number of hydrogen-bond donors (Lipinski definition) is 1. The summed E-state index contributed by atoms with van der Waals surface area (Å²) in [7, 11) is 0. The Morgan fingerprint density at radius 3 is 2.88 bits per heavy atom. The number of unbranched alkanes of at least 4 members (excludes halogenated alkanes) is 1. The van der Waals surface area contributed by atoms with Crippen molar-refractivity contribution in [1.82, 2.24) is 19.7 Å². The van der Waals surface area contributed by atoms with E-state index in [2.05, 4.69) is 22.0 Å². The largest absolute Gasteiger partial charge is 0.396 e. The van der Waals surface area contributed by atoms with E-state index in [-0.39, 0.29) is 12.2 Å². The summed E-state index contributed by atoms with van der Waals surface area (Å²) in [5.74, 6) is 1.69. The van der Waals surface area contributed by atoms with Gasteiger partial charge in [-0.3, -0.25) is 9.36 Å². The predicted octanol–water partition coefficient (Wildman–Crippen LogP) is 2.80. The fraction of sp³-hybridized carbons (Fsp3) is 0.444. The van der Waals surface area contributed by atoms with Crippen molar-refractivity contribution in [3.05, 3.63) is 46.3 Å². The van der Waals surface area contributed by atoms with Gasteiger partial charge < -0.3 is 9.63 Å². The van der Waals surface area contributed by atoms with Crippen molar-refractivity contribution < 1.29 is 9.63 Å². The monoisotopic (exact) mass is 374 g/mol. The number of rotatable bonds is 9. The van der Waals surface area contributed by atoms with Crippen molar-refractivity contribution >= 4 is 22.7 Å². The smallest absolute Gasteiger partial charge is 0.262 e. The minimum Gasteiger partial charge on any atom is -0.396 e. The molecule has 0 bridgehead atoms. The van der Waals surface area contributed by atoms with E-state index in [1.54, 1.807) is 10.6 Å². The second kappa shape index (κ2) is 8.95. The van der Waals surface area contributed by atoms with Gasteiger partial charge in [-0.15, -0.1) is 0 Å². The van der Waals surface area contributed by atoms with Crippen LogP contribution in [0.3, 0.4) is 0 Å². The second-order valence-corrected chi connectivity index (χ2v) is 6.88. The first kappa shape index (κ1) is 18.6. The van der Waals surface area contributed by atoms with Crippen LogP contribution in [0.4, 0.5) is 0 Å². The molecule has 0 unspecified atom stereocenters. The van der Waals surface area contributed by atoms with Crippen LogP contribution in [-0.4, -0.2) is 31.4 Å². The zero-order valence-corrected chi connectivity index (χ0v) is 15.5. The van der Waals surface area contributed by atoms with Crippen LogP contribution in [0, 0.1) is 0 Å². The summed E-state index contributed by atoms with van der Waals surface area (Å²) < 4.78 is 6.89. The lowest BCUT2D eigenvalue weighted by Crippen LogP contribution is -2.24. The maximum atomic E-state index is 12.8. The van der Waals surface area contributed by atoms with Crippen molar-refractivity contribution in [2.45, 2.75) is 50.1 Å². The summed E-state index contributed by atoms with van der Waals surface area (Å²) in [6.45, 7) is 2.56. The zero-order chi connectivity index (χ0) is 18.4. The average Bonchev–Trinajstić information content (AvgIpc) is 3.12. The van der Waals surface area contributed by atoms with Crippen LogP contribution in [0.15, 0.2) is 38.7 Å². The average molecular weight is 374 g/mol. The lowest BCUT2D eigenvalue weighted by atomic mass is 10.2. The summed E-state index contributed by atoms with van der Waals surface area (Å²) in [6.07, 6.45) is 3.41. The van der Waals surface area contributed by atoms with Crippen LogP contribution in [0.25, 0.3) is 10.9 Å². The summed E-state index contributed by atoms with van der Waals surface area (Å²) in [6, 6.07) is 7.28. The third-order valence-electron chi connectivity index (χ3n) is 3.96. The van der Waals surface area contributed by atoms with E-state index in [0.717, 1.165) is 19.3 Å². The zero-order valence-electron chi connectivity index (χ0n) is 14.7. The summed E-state index contributed by atoms with van der Waals surface area (Å²) in [4.78, 5) is 21.8. The summed E-state index contributed by atoms with van der Waals surface area (Å²) in [5, 5.41) is 14.3. The molecule has 2 heterocycles. The number of nitrogens with zero attached hydrogens (tertiary/aromatic N) is 4. The van der Waals surface area contributed by atoms with E-state index in [9.17, 15) is 4.79 Å². The lowest BCUT2D eigenvalue weighted by Gasteiger charge is -2.11. The lowest BCUT2D eigenvalue weighted by molar-refractivity contribution is 0.276. The predicted molar refractivity (Wildman–Crippen MR) is 100 cm³/mol. The van der Waals surface area contributed by atoms with Crippen LogP contribution in [0.5, 0.6) is 0 Å². The number of para-hydroxylation sites is 1. The topological polar surface area (TPSA) is 94.0 Å². The van der Waals surface area contributed by atoms with Crippen LogP contribution >= 0.6 is 11.8 Å². The number of benzene rings is 1. The molecule has 138 valence electrons. The van der Waals surface area contributed by atoms with Crippen molar-refractivity contribution in [2.75, 3.05) is 6.61 Å². The van der Waals surface area contributed by atoms with Gasteiger partial charge >= 0.3 is 0 Å². The molecule has 0 aliphatic rings. The Morgan fingerprint density at radius 2 is 2.08 bits per heavy atom. The van der Waals surface area contributed by atoms with Crippen molar-refractivity contribution in [3.8, 4) is 0 Å². The Kier molecular flexibility index (Phi) is 6.40. The number of hydrogen-bond acceptors (Lipinski definition) is 7. The molecule has 1 aromatic carbocycles. The highest BCUT2D eigenvalue weighted by atomic mass is 32.2. The molecule has 0 aliphatic heterocycles. The van der Waals surface area contributed by atoms with Gasteiger partial charge in [0, 0.05) is 19.6 Å². The van der Waals surface area contributed by atoms with Crippen molar-refractivity contribution in [1.29, 1.82) is 0 Å². The fourth-order valence-corrected chi connectivity index (χ4v) is 3.46. The molecular weight excluding hydrogens is 352 g/mol. The molecule has 0 spiro atoms. The Balaban J connectivity index is 1.83. The summed E-state index contributed by atoms with van der Waals surface area (Å²) in [5.41, 5.74) is 0.565. The van der Waals surface area contributed by atoms with Gasteiger partial charge in [-0.2, -0.15) is 4.98 Å². The molecule has 7 nitrogen and oxygen atoms in total. The molecule has 3 rings (SSSR count). The first-order valence-electron chi connectivity index (χ1n) is 8.77. The number of fused-ring (bicyclic) bond motifs is 1. The molecule has 2 aromatic heterocycles. The number of aryl methyl sites for hydroxylation is 1. The fourth-order valence-electron chi connectivity index (χ4n) is 2.60.